The molecule has 0 saturated carbocycles. The molecule has 6 N–H and O–H groups in total. The number of aryl methyl sites for hydroxylation is 2. The summed E-state index contributed by atoms with van der Waals surface area (Å²) in [7, 11) is 0. The Labute approximate surface area is 312 Å². The van der Waals surface area contributed by atoms with Gasteiger partial charge in [-0.3, -0.25) is 40.9 Å². The standard InChI is InChI=1S/C42H66N4O6/c1-5-7-9-11-13-19-25-33-27-21-29-35(47)37(33)41(51)45-43-39(49)31(3)23-17-15-16-18-24-32(4)40(50)44-46-42(52)38-34(28-22-30-36(38)48)26-20-14-12-10-8-6-2/h21-22,27-32,47-48H,5-20,23-26H2,1-4H3,(H,43,49)(H,44,50)(H,45,51)(H,46,52). The number of aromatic hydroxyl groups is 2. The first kappa shape index (κ1) is 44.1. The van der Waals surface area contributed by atoms with Crippen molar-refractivity contribution in [3.8, 4) is 11.5 Å². The first-order valence-electron chi connectivity index (χ1n) is 19.9. The van der Waals surface area contributed by atoms with E-state index in [1.807, 2.05) is 26.0 Å². The highest BCUT2D eigenvalue weighted by Crippen LogP contribution is 2.24. The molecule has 0 aromatic heterocycles. The highest BCUT2D eigenvalue weighted by molar-refractivity contribution is 6.00. The lowest BCUT2D eigenvalue weighted by Gasteiger charge is -2.16. The molecule has 0 aliphatic rings. The van der Waals surface area contributed by atoms with Crippen molar-refractivity contribution in [3.63, 3.8) is 0 Å². The van der Waals surface area contributed by atoms with Gasteiger partial charge in [0.1, 0.15) is 11.5 Å². The van der Waals surface area contributed by atoms with Gasteiger partial charge in [-0.1, -0.05) is 142 Å². The average Bonchev–Trinajstić information content (AvgIpc) is 3.13. The Morgan fingerprint density at radius 2 is 0.846 bits per heavy atom. The van der Waals surface area contributed by atoms with E-state index in [-0.39, 0.29) is 46.3 Å². The molecule has 2 atom stereocenters. The van der Waals surface area contributed by atoms with Crippen molar-refractivity contribution in [2.75, 3.05) is 0 Å². The number of rotatable bonds is 25. The summed E-state index contributed by atoms with van der Waals surface area (Å²) in [6.45, 7) is 8.01. The second-order valence-electron chi connectivity index (χ2n) is 14.3. The highest BCUT2D eigenvalue weighted by atomic mass is 16.3. The van der Waals surface area contributed by atoms with E-state index < -0.39 is 11.8 Å². The van der Waals surface area contributed by atoms with E-state index in [1.165, 1.54) is 50.7 Å². The van der Waals surface area contributed by atoms with Crippen LogP contribution in [0.1, 0.15) is 175 Å². The van der Waals surface area contributed by atoms with E-state index >= 15 is 0 Å². The van der Waals surface area contributed by atoms with Gasteiger partial charge in [-0.15, -0.1) is 0 Å². The van der Waals surface area contributed by atoms with Crippen molar-refractivity contribution in [2.24, 2.45) is 11.8 Å². The maximum absolute atomic E-state index is 12.9. The second-order valence-corrected chi connectivity index (χ2v) is 14.3. The van der Waals surface area contributed by atoms with Gasteiger partial charge in [-0.25, -0.2) is 0 Å². The van der Waals surface area contributed by atoms with Crippen LogP contribution in [0.15, 0.2) is 36.4 Å². The molecule has 0 bridgehead atoms. The lowest BCUT2D eigenvalue weighted by atomic mass is 9.98. The van der Waals surface area contributed by atoms with E-state index in [0.717, 1.165) is 75.3 Å². The minimum atomic E-state index is -0.524. The normalized spacial score (nSPS) is 12.2. The van der Waals surface area contributed by atoms with Gasteiger partial charge < -0.3 is 10.2 Å². The van der Waals surface area contributed by atoms with Crippen LogP contribution < -0.4 is 21.7 Å². The van der Waals surface area contributed by atoms with E-state index in [9.17, 15) is 29.4 Å². The molecule has 0 fully saturated rings. The third-order valence-corrected chi connectivity index (χ3v) is 9.83. The second kappa shape index (κ2) is 25.8. The molecule has 2 aromatic rings. The van der Waals surface area contributed by atoms with Gasteiger partial charge in [0, 0.05) is 11.8 Å². The van der Waals surface area contributed by atoms with E-state index in [2.05, 4.69) is 35.6 Å². The van der Waals surface area contributed by atoms with Gasteiger partial charge in [0.2, 0.25) is 11.8 Å². The first-order chi connectivity index (χ1) is 25.1. The van der Waals surface area contributed by atoms with Gasteiger partial charge in [-0.2, -0.15) is 0 Å². The van der Waals surface area contributed by atoms with Crippen LogP contribution in [0.2, 0.25) is 0 Å². The number of amides is 4. The third kappa shape index (κ3) is 16.5. The summed E-state index contributed by atoms with van der Waals surface area (Å²) in [5.74, 6) is -2.43. The van der Waals surface area contributed by atoms with Crippen LogP contribution in [0, 0.1) is 11.8 Å². The summed E-state index contributed by atoms with van der Waals surface area (Å²) >= 11 is 0. The highest BCUT2D eigenvalue weighted by Gasteiger charge is 2.20. The van der Waals surface area contributed by atoms with Crippen molar-refractivity contribution in [1.29, 1.82) is 0 Å². The van der Waals surface area contributed by atoms with E-state index in [1.54, 1.807) is 12.1 Å². The average molecular weight is 723 g/mol. The fourth-order valence-electron chi connectivity index (χ4n) is 6.43. The van der Waals surface area contributed by atoms with Crippen LogP contribution in [0.4, 0.5) is 0 Å². The summed E-state index contributed by atoms with van der Waals surface area (Å²) in [5, 5.41) is 20.8. The number of phenolic OH excluding ortho intramolecular Hbond substituents is 2. The monoisotopic (exact) mass is 722 g/mol. The molecule has 10 heteroatoms. The van der Waals surface area contributed by atoms with Crippen molar-refractivity contribution in [3.05, 3.63) is 58.7 Å². The maximum atomic E-state index is 12.9. The summed E-state index contributed by atoms with van der Waals surface area (Å²) in [5.41, 5.74) is 12.0. The molecule has 2 aromatic carbocycles. The number of unbranched alkanes of at least 4 members (excludes halogenated alkanes) is 13. The van der Waals surface area contributed by atoms with Gasteiger partial charge in [0.15, 0.2) is 0 Å². The Kier molecular flexibility index (Phi) is 21.9. The van der Waals surface area contributed by atoms with Crippen LogP contribution in [0.5, 0.6) is 11.5 Å². The number of hydrogen-bond donors (Lipinski definition) is 6. The molecule has 0 saturated heterocycles. The largest absolute Gasteiger partial charge is 0.507 e. The molecule has 52 heavy (non-hydrogen) atoms. The Bertz CT molecular complexity index is 1280. The predicted octanol–water partition coefficient (Wildman–Crippen LogP) is 8.74. The van der Waals surface area contributed by atoms with Gasteiger partial charge in [0.25, 0.3) is 11.8 Å². The number of phenols is 2. The maximum Gasteiger partial charge on any atom is 0.273 e. The molecule has 0 aliphatic carbocycles. The van der Waals surface area contributed by atoms with Crippen LogP contribution >= 0.6 is 0 Å². The van der Waals surface area contributed by atoms with Gasteiger partial charge in [-0.05, 0) is 61.8 Å². The van der Waals surface area contributed by atoms with Gasteiger partial charge in [0.05, 0.1) is 11.1 Å². The lowest BCUT2D eigenvalue weighted by molar-refractivity contribution is -0.126. The topological polar surface area (TPSA) is 157 Å². The summed E-state index contributed by atoms with van der Waals surface area (Å²) in [6, 6.07) is 10.1. The fraction of sp³-hybridized carbons (Fsp3) is 0.619. The Balaban J connectivity index is 1.66. The number of hydrazine groups is 2. The molecule has 0 spiro atoms. The number of nitrogens with one attached hydrogen (secondary N) is 4. The van der Waals surface area contributed by atoms with Crippen LogP contribution in [-0.2, 0) is 22.4 Å². The summed E-state index contributed by atoms with van der Waals surface area (Å²) in [6.07, 6.45) is 19.7. The molecule has 0 radical (unpaired) electrons. The van der Waals surface area contributed by atoms with Crippen LogP contribution in [0.25, 0.3) is 0 Å². The third-order valence-electron chi connectivity index (χ3n) is 9.83. The van der Waals surface area contributed by atoms with Crippen molar-refractivity contribution in [2.45, 2.75) is 156 Å². The van der Waals surface area contributed by atoms with Crippen LogP contribution in [-0.4, -0.2) is 33.8 Å². The Morgan fingerprint density at radius 3 is 1.23 bits per heavy atom. The van der Waals surface area contributed by atoms with E-state index in [4.69, 9.17) is 0 Å². The molecular formula is C42H66N4O6. The fourth-order valence-corrected chi connectivity index (χ4v) is 6.43. The molecule has 0 aliphatic heterocycles. The van der Waals surface area contributed by atoms with E-state index in [0.29, 0.717) is 25.7 Å². The SMILES string of the molecule is CCCCCCCCc1cccc(O)c1C(=O)NNC(=O)C(C)CCCCCCC(C)C(=O)NNC(=O)c1c(O)cccc1CCCCCCCC. The summed E-state index contributed by atoms with van der Waals surface area (Å²) in [4.78, 5) is 51.2. The molecule has 0 heterocycles. The zero-order valence-corrected chi connectivity index (χ0v) is 32.3. The number of hydrogen-bond acceptors (Lipinski definition) is 6. The zero-order valence-electron chi connectivity index (χ0n) is 32.3. The number of carbonyl (C=O) groups excluding carboxylic acids is 4. The minimum Gasteiger partial charge on any atom is -0.507 e. The molecule has 2 rings (SSSR count). The first-order valence-corrected chi connectivity index (χ1v) is 19.9. The molecular weight excluding hydrogens is 656 g/mol. The molecule has 2 unspecified atom stereocenters. The minimum absolute atomic E-state index is 0.0972. The van der Waals surface area contributed by atoms with Crippen LogP contribution in [0.3, 0.4) is 0 Å². The smallest absolute Gasteiger partial charge is 0.273 e. The summed E-state index contributed by atoms with van der Waals surface area (Å²) < 4.78 is 0. The molecule has 10 nitrogen and oxygen atoms in total. The quantitative estimate of drug-likeness (QED) is 0.0445. The predicted molar refractivity (Wildman–Crippen MR) is 208 cm³/mol. The van der Waals surface area contributed by atoms with Gasteiger partial charge >= 0.3 is 0 Å². The van der Waals surface area contributed by atoms with Crippen molar-refractivity contribution < 1.29 is 29.4 Å². The van der Waals surface area contributed by atoms with Crippen molar-refractivity contribution >= 4 is 23.6 Å². The molecule has 4 amide bonds. The zero-order chi connectivity index (χ0) is 38.1. The Hall–Kier alpha value is -4.08. The number of benzene rings is 2. The van der Waals surface area contributed by atoms with Crippen molar-refractivity contribution in [1.82, 2.24) is 21.7 Å². The lowest BCUT2D eigenvalue weighted by Crippen LogP contribution is -2.44. The Morgan fingerprint density at radius 1 is 0.500 bits per heavy atom. The number of carbonyl (C=O) groups is 4. The molecule has 290 valence electrons.